The molecule has 0 N–H and O–H groups in total. The van der Waals surface area contributed by atoms with Crippen LogP contribution in [0.5, 0.6) is 11.5 Å². The van der Waals surface area contributed by atoms with E-state index in [9.17, 15) is 13.6 Å². The highest BCUT2D eigenvalue weighted by Crippen LogP contribution is 2.29. The van der Waals surface area contributed by atoms with Gasteiger partial charge in [0.25, 0.3) is 6.43 Å². The van der Waals surface area contributed by atoms with Gasteiger partial charge >= 0.3 is 5.97 Å². The molecule has 0 radical (unpaired) electrons. The number of benzene rings is 1. The number of alkyl halides is 2. The van der Waals surface area contributed by atoms with Crippen molar-refractivity contribution in [2.75, 3.05) is 20.3 Å². The van der Waals surface area contributed by atoms with Gasteiger partial charge in [-0.25, -0.2) is 13.6 Å². The molecule has 0 fully saturated rings. The van der Waals surface area contributed by atoms with Crippen molar-refractivity contribution in [1.29, 1.82) is 0 Å². The molecule has 0 saturated carbocycles. The molecular weight excluding hydrogens is 342 g/mol. The number of hydrogen-bond acceptors (Lipinski definition) is 4. The van der Waals surface area contributed by atoms with Gasteiger partial charge in [-0.1, -0.05) is 51.9 Å². The molecule has 4 nitrogen and oxygen atoms in total. The van der Waals surface area contributed by atoms with Crippen molar-refractivity contribution in [1.82, 2.24) is 0 Å². The Morgan fingerprint density at radius 3 is 2.23 bits per heavy atom. The number of carbonyl (C=O) groups is 1. The molecule has 0 aromatic heterocycles. The van der Waals surface area contributed by atoms with Crippen molar-refractivity contribution in [3.8, 4) is 11.5 Å². The van der Waals surface area contributed by atoms with E-state index >= 15 is 0 Å². The maximum atomic E-state index is 12.4. The fourth-order valence-electron chi connectivity index (χ4n) is 2.56. The second-order valence-corrected chi connectivity index (χ2v) is 6.18. The third-order valence-electron chi connectivity index (χ3n) is 3.99. The third-order valence-corrected chi connectivity index (χ3v) is 3.99. The van der Waals surface area contributed by atoms with E-state index < -0.39 is 19.0 Å². The zero-order valence-corrected chi connectivity index (χ0v) is 15.8. The molecule has 0 aliphatic carbocycles. The largest absolute Gasteiger partial charge is 0.490 e. The first-order valence-electron chi connectivity index (χ1n) is 9.34. The maximum absolute atomic E-state index is 12.4. The Morgan fingerprint density at radius 1 is 0.962 bits per heavy atom. The minimum absolute atomic E-state index is 0.206. The number of unbranched alkanes of at least 4 members (excludes halogenated alkanes) is 7. The van der Waals surface area contributed by atoms with Crippen molar-refractivity contribution >= 4 is 5.97 Å². The summed E-state index contributed by atoms with van der Waals surface area (Å²) in [4.78, 5) is 11.6. The summed E-state index contributed by atoms with van der Waals surface area (Å²) in [5.74, 6) is -0.0173. The Hall–Kier alpha value is -1.85. The van der Waals surface area contributed by atoms with Gasteiger partial charge in [-0.15, -0.1) is 0 Å². The summed E-state index contributed by atoms with van der Waals surface area (Å²) in [5.41, 5.74) is 0.294. The monoisotopic (exact) mass is 372 g/mol. The van der Waals surface area contributed by atoms with E-state index in [-0.39, 0.29) is 11.5 Å². The van der Waals surface area contributed by atoms with Gasteiger partial charge in [0.1, 0.15) is 6.61 Å². The van der Waals surface area contributed by atoms with Gasteiger partial charge in [0.2, 0.25) is 0 Å². The van der Waals surface area contributed by atoms with Crippen LogP contribution in [0.15, 0.2) is 18.2 Å². The zero-order chi connectivity index (χ0) is 19.2. The summed E-state index contributed by atoms with van der Waals surface area (Å²) in [6, 6.07) is 4.39. The summed E-state index contributed by atoms with van der Waals surface area (Å²) >= 11 is 0. The molecule has 0 spiro atoms. The molecule has 148 valence electrons. The molecule has 0 saturated heterocycles. The van der Waals surface area contributed by atoms with Crippen LogP contribution in [0.2, 0.25) is 0 Å². The van der Waals surface area contributed by atoms with E-state index in [2.05, 4.69) is 11.7 Å². The van der Waals surface area contributed by atoms with Crippen LogP contribution in [0.1, 0.15) is 68.6 Å². The van der Waals surface area contributed by atoms with Crippen LogP contribution in [-0.4, -0.2) is 32.7 Å². The highest BCUT2D eigenvalue weighted by atomic mass is 19.3. The Balaban J connectivity index is 2.46. The second-order valence-electron chi connectivity index (χ2n) is 6.18. The lowest BCUT2D eigenvalue weighted by Gasteiger charge is -2.13. The predicted molar refractivity (Wildman–Crippen MR) is 97.4 cm³/mol. The predicted octanol–water partition coefficient (Wildman–Crippen LogP) is 5.64. The average molecular weight is 372 g/mol. The van der Waals surface area contributed by atoms with Gasteiger partial charge in [0.05, 0.1) is 19.3 Å². The molecule has 0 heterocycles. The number of rotatable bonds is 14. The molecule has 0 amide bonds. The number of hydrogen-bond donors (Lipinski definition) is 0. The first kappa shape index (κ1) is 22.2. The highest BCUT2D eigenvalue weighted by molar-refractivity contribution is 5.90. The van der Waals surface area contributed by atoms with Crippen LogP contribution in [-0.2, 0) is 4.74 Å². The number of carbonyl (C=O) groups excluding carboxylic acids is 1. The minimum Gasteiger partial charge on any atom is -0.490 e. The Kier molecular flexibility index (Phi) is 11.4. The number of halogens is 2. The zero-order valence-electron chi connectivity index (χ0n) is 15.8. The molecule has 0 aliphatic rings. The van der Waals surface area contributed by atoms with E-state index in [1.807, 2.05) is 0 Å². The van der Waals surface area contributed by atoms with Crippen molar-refractivity contribution in [2.24, 2.45) is 0 Å². The SMILES string of the molecule is CCCCCCCCCCOc1cc(C(=O)OC)ccc1OCC(F)F. The van der Waals surface area contributed by atoms with E-state index in [4.69, 9.17) is 9.47 Å². The van der Waals surface area contributed by atoms with E-state index in [0.717, 1.165) is 19.3 Å². The van der Waals surface area contributed by atoms with Crippen LogP contribution >= 0.6 is 0 Å². The molecule has 0 unspecified atom stereocenters. The van der Waals surface area contributed by atoms with Crippen molar-refractivity contribution in [3.05, 3.63) is 23.8 Å². The Bertz CT molecular complexity index is 521. The smallest absolute Gasteiger partial charge is 0.337 e. The molecular formula is C20H30F2O4. The lowest BCUT2D eigenvalue weighted by atomic mass is 10.1. The van der Waals surface area contributed by atoms with E-state index in [1.54, 1.807) is 0 Å². The van der Waals surface area contributed by atoms with Crippen LogP contribution in [0.25, 0.3) is 0 Å². The summed E-state index contributed by atoms with van der Waals surface area (Å²) in [7, 11) is 1.28. The maximum Gasteiger partial charge on any atom is 0.337 e. The molecule has 1 rings (SSSR count). The van der Waals surface area contributed by atoms with Gasteiger partial charge in [0, 0.05) is 0 Å². The molecule has 1 aromatic rings. The normalized spacial score (nSPS) is 10.8. The standard InChI is InChI=1S/C20H30F2O4/c1-3-4-5-6-7-8-9-10-13-25-18-14-16(20(23)24-2)11-12-17(18)26-15-19(21)22/h11-12,14,19H,3-10,13,15H2,1-2H3. The second kappa shape index (κ2) is 13.4. The molecule has 26 heavy (non-hydrogen) atoms. The summed E-state index contributed by atoms with van der Waals surface area (Å²) < 4.78 is 40.2. The summed E-state index contributed by atoms with van der Waals surface area (Å²) in [5, 5.41) is 0. The molecule has 0 bridgehead atoms. The van der Waals surface area contributed by atoms with E-state index in [0.29, 0.717) is 12.2 Å². The lowest BCUT2D eigenvalue weighted by Crippen LogP contribution is -2.09. The first-order valence-corrected chi connectivity index (χ1v) is 9.34. The molecule has 6 heteroatoms. The molecule has 1 aromatic carbocycles. The van der Waals surface area contributed by atoms with Gasteiger partial charge < -0.3 is 14.2 Å². The van der Waals surface area contributed by atoms with Crippen LogP contribution in [0.4, 0.5) is 8.78 Å². The number of esters is 1. The van der Waals surface area contributed by atoms with Crippen LogP contribution in [0.3, 0.4) is 0 Å². The van der Waals surface area contributed by atoms with Gasteiger partial charge in [-0.3, -0.25) is 0 Å². The third kappa shape index (κ3) is 9.02. The Labute approximate surface area is 154 Å². The lowest BCUT2D eigenvalue weighted by molar-refractivity contribution is 0.0599. The van der Waals surface area contributed by atoms with Crippen molar-refractivity contribution in [3.63, 3.8) is 0 Å². The van der Waals surface area contributed by atoms with Crippen molar-refractivity contribution in [2.45, 2.75) is 64.7 Å². The highest BCUT2D eigenvalue weighted by Gasteiger charge is 2.13. The number of methoxy groups -OCH3 is 1. The van der Waals surface area contributed by atoms with Gasteiger partial charge in [-0.2, -0.15) is 0 Å². The first-order chi connectivity index (χ1) is 12.6. The Morgan fingerprint density at radius 2 is 1.62 bits per heavy atom. The molecule has 0 atom stereocenters. The fraction of sp³-hybridized carbons (Fsp3) is 0.650. The fourth-order valence-corrected chi connectivity index (χ4v) is 2.56. The van der Waals surface area contributed by atoms with Crippen molar-refractivity contribution < 1.29 is 27.8 Å². The van der Waals surface area contributed by atoms with Gasteiger partial charge in [-0.05, 0) is 24.6 Å². The summed E-state index contributed by atoms with van der Waals surface area (Å²) in [6.07, 6.45) is 6.82. The van der Waals surface area contributed by atoms with Crippen LogP contribution in [0, 0.1) is 0 Å². The topological polar surface area (TPSA) is 44.8 Å². The van der Waals surface area contributed by atoms with E-state index in [1.165, 1.54) is 57.4 Å². The minimum atomic E-state index is -2.57. The molecule has 0 aliphatic heterocycles. The average Bonchev–Trinajstić information content (AvgIpc) is 2.64. The summed E-state index contributed by atoms with van der Waals surface area (Å²) in [6.45, 7) is 1.93. The van der Waals surface area contributed by atoms with Gasteiger partial charge in [0.15, 0.2) is 11.5 Å². The van der Waals surface area contributed by atoms with Crippen LogP contribution < -0.4 is 9.47 Å². The quantitative estimate of drug-likeness (QED) is 0.313. The number of ether oxygens (including phenoxy) is 3.